The first-order valence-corrected chi connectivity index (χ1v) is 19.4. The lowest BCUT2D eigenvalue weighted by atomic mass is 9.96. The van der Waals surface area contributed by atoms with Gasteiger partial charge in [0.25, 0.3) is 5.91 Å². The molecule has 14 heteroatoms. The molecule has 316 valence electrons. The highest BCUT2D eigenvalue weighted by molar-refractivity contribution is 5.95. The number of likely N-dealkylation sites (N-methyl/N-ethyl adjacent to an activating group) is 3. The lowest BCUT2D eigenvalue weighted by molar-refractivity contribution is -0.164. The van der Waals surface area contributed by atoms with Gasteiger partial charge in [0, 0.05) is 32.9 Å². The highest BCUT2D eigenvalue weighted by atomic mass is 16.6. The largest absolute Gasteiger partial charge is 0.508 e. The van der Waals surface area contributed by atoms with Crippen LogP contribution in [0.1, 0.15) is 50.8 Å². The lowest BCUT2D eigenvalue weighted by Crippen LogP contribution is -2.59. The van der Waals surface area contributed by atoms with Gasteiger partial charge in [-0.3, -0.25) is 24.1 Å². The molecule has 0 spiro atoms. The SMILES string of the molecule is CC[C@H](C)[C@H](OC(=O)[C@H](Cc1ccc(OC)cc1)N(C)C)C(=O)N[C@@H](C(=O)N(C)[C@H](Cc1ccc(O)cc1)C(=O)N(C)[C@H](Cc1ccc(O)cc1)C(=O)OC)C(C)C. The number of aromatic hydroxyl groups is 2. The molecule has 58 heavy (non-hydrogen) atoms. The Morgan fingerprint density at radius 3 is 1.52 bits per heavy atom. The Bertz CT molecular complexity index is 1820. The molecule has 0 fully saturated rings. The maximum Gasteiger partial charge on any atom is 0.328 e. The minimum absolute atomic E-state index is 0.00475. The summed E-state index contributed by atoms with van der Waals surface area (Å²) in [6.07, 6.45) is -0.341. The standard InChI is InChI=1S/C44H60N4O10/c1-11-28(4)39(58-44(55)36(46(5)6)25-31-16-22-34(56-9)23-17-31)40(51)45-38(27(2)3)42(53)47(7)35(24-29-12-18-32(49)19-13-29)41(52)48(8)37(43(54)57-10)26-30-14-20-33(50)21-15-30/h12-23,27-28,35-39,49-50H,11,24-26H2,1-10H3,(H,45,51)/t28-,35+,36-,37+,38+,39-/m0/s1. The first-order valence-electron chi connectivity index (χ1n) is 19.4. The summed E-state index contributed by atoms with van der Waals surface area (Å²) in [5, 5.41) is 22.6. The van der Waals surface area contributed by atoms with Gasteiger partial charge in [0.15, 0.2) is 6.10 Å². The average molecular weight is 805 g/mol. The number of esters is 2. The number of methoxy groups -OCH3 is 2. The number of amides is 3. The minimum atomic E-state index is -1.23. The minimum Gasteiger partial charge on any atom is -0.508 e. The molecule has 0 radical (unpaired) electrons. The molecule has 0 bridgehead atoms. The van der Waals surface area contributed by atoms with Crippen molar-refractivity contribution in [1.82, 2.24) is 20.0 Å². The lowest BCUT2D eigenvalue weighted by Gasteiger charge is -2.36. The molecule has 0 saturated heterocycles. The molecule has 3 N–H and O–H groups in total. The zero-order chi connectivity index (χ0) is 43.3. The first kappa shape index (κ1) is 46.8. The highest BCUT2D eigenvalue weighted by Gasteiger charge is 2.40. The smallest absolute Gasteiger partial charge is 0.328 e. The van der Waals surface area contributed by atoms with Gasteiger partial charge in [-0.2, -0.15) is 0 Å². The van der Waals surface area contributed by atoms with E-state index in [9.17, 15) is 34.2 Å². The topological polar surface area (TPSA) is 175 Å². The second-order valence-corrected chi connectivity index (χ2v) is 15.2. The molecule has 0 aliphatic rings. The van der Waals surface area contributed by atoms with Gasteiger partial charge >= 0.3 is 11.9 Å². The van der Waals surface area contributed by atoms with Crippen LogP contribution in [0.25, 0.3) is 0 Å². The second kappa shape index (κ2) is 21.8. The maximum absolute atomic E-state index is 14.5. The van der Waals surface area contributed by atoms with Crippen molar-refractivity contribution < 1.29 is 48.4 Å². The fraction of sp³-hybridized carbons (Fsp3) is 0.477. The van der Waals surface area contributed by atoms with Crippen molar-refractivity contribution in [3.63, 3.8) is 0 Å². The Kier molecular flexibility index (Phi) is 17.5. The van der Waals surface area contributed by atoms with E-state index < -0.39 is 71.8 Å². The zero-order valence-corrected chi connectivity index (χ0v) is 35.3. The summed E-state index contributed by atoms with van der Waals surface area (Å²) in [7, 11) is 9.21. The van der Waals surface area contributed by atoms with Gasteiger partial charge in [-0.1, -0.05) is 64.1 Å². The molecule has 0 aliphatic heterocycles. The number of nitrogens with one attached hydrogen (secondary N) is 1. The molecular weight excluding hydrogens is 745 g/mol. The van der Waals surface area contributed by atoms with Crippen LogP contribution < -0.4 is 10.1 Å². The van der Waals surface area contributed by atoms with Crippen molar-refractivity contribution in [2.24, 2.45) is 11.8 Å². The van der Waals surface area contributed by atoms with E-state index in [1.807, 2.05) is 19.1 Å². The number of carbonyl (C=O) groups excluding carboxylic acids is 5. The number of rotatable bonds is 20. The number of ether oxygens (including phenoxy) is 3. The Balaban J connectivity index is 1.92. The van der Waals surface area contributed by atoms with Crippen LogP contribution in [0.4, 0.5) is 0 Å². The Morgan fingerprint density at radius 2 is 1.09 bits per heavy atom. The van der Waals surface area contributed by atoms with Crippen molar-refractivity contribution in [2.75, 3.05) is 42.4 Å². The van der Waals surface area contributed by atoms with Crippen molar-refractivity contribution >= 4 is 29.7 Å². The van der Waals surface area contributed by atoms with Gasteiger partial charge < -0.3 is 39.5 Å². The van der Waals surface area contributed by atoms with E-state index in [0.717, 1.165) is 5.56 Å². The van der Waals surface area contributed by atoms with E-state index in [1.54, 1.807) is 83.3 Å². The monoisotopic (exact) mass is 804 g/mol. The van der Waals surface area contributed by atoms with E-state index in [2.05, 4.69) is 5.32 Å². The molecule has 3 aromatic rings. The van der Waals surface area contributed by atoms with Crippen LogP contribution in [0, 0.1) is 11.8 Å². The number of phenolic OH excluding ortho intramolecular Hbond substituents is 2. The first-order chi connectivity index (χ1) is 27.4. The number of phenols is 2. The predicted octanol–water partition coefficient (Wildman–Crippen LogP) is 3.99. The van der Waals surface area contributed by atoms with Gasteiger partial charge in [0.1, 0.15) is 41.4 Å². The van der Waals surface area contributed by atoms with E-state index in [4.69, 9.17) is 14.2 Å². The zero-order valence-electron chi connectivity index (χ0n) is 35.3. The van der Waals surface area contributed by atoms with Crippen LogP contribution in [-0.4, -0.2) is 127 Å². The third-order valence-electron chi connectivity index (χ3n) is 10.5. The fourth-order valence-electron chi connectivity index (χ4n) is 6.43. The van der Waals surface area contributed by atoms with Gasteiger partial charge in [0.2, 0.25) is 11.8 Å². The summed E-state index contributed by atoms with van der Waals surface area (Å²) in [4.78, 5) is 74.2. The molecule has 14 nitrogen and oxygen atoms in total. The summed E-state index contributed by atoms with van der Waals surface area (Å²) in [6.45, 7) is 7.18. The van der Waals surface area contributed by atoms with Gasteiger partial charge in [0.05, 0.1) is 14.2 Å². The number of hydrogen-bond donors (Lipinski definition) is 3. The van der Waals surface area contributed by atoms with Crippen molar-refractivity contribution in [3.05, 3.63) is 89.5 Å². The van der Waals surface area contributed by atoms with E-state index in [-0.39, 0.29) is 24.3 Å². The van der Waals surface area contributed by atoms with Crippen molar-refractivity contribution in [2.45, 2.75) is 83.6 Å². The van der Waals surface area contributed by atoms with Gasteiger partial charge in [-0.15, -0.1) is 0 Å². The second-order valence-electron chi connectivity index (χ2n) is 15.2. The highest BCUT2D eigenvalue weighted by Crippen LogP contribution is 2.22. The normalized spacial score (nSPS) is 14.3. The Hall–Kier alpha value is -5.63. The van der Waals surface area contributed by atoms with Gasteiger partial charge in [-0.05, 0) is 85.9 Å². The Morgan fingerprint density at radius 1 is 0.638 bits per heavy atom. The summed E-state index contributed by atoms with van der Waals surface area (Å²) in [6, 6.07) is 15.6. The molecule has 3 aromatic carbocycles. The number of hydrogen-bond acceptors (Lipinski definition) is 11. The van der Waals surface area contributed by atoms with E-state index >= 15 is 0 Å². The van der Waals surface area contributed by atoms with Crippen LogP contribution >= 0.6 is 0 Å². The summed E-state index contributed by atoms with van der Waals surface area (Å²) in [5.41, 5.74) is 2.15. The number of benzene rings is 3. The maximum atomic E-state index is 14.5. The van der Waals surface area contributed by atoms with E-state index in [1.165, 1.54) is 55.3 Å². The predicted molar refractivity (Wildman–Crippen MR) is 219 cm³/mol. The molecule has 3 amide bonds. The number of carbonyl (C=O) groups is 5. The fourth-order valence-corrected chi connectivity index (χ4v) is 6.43. The van der Waals surface area contributed by atoms with Crippen molar-refractivity contribution in [3.8, 4) is 17.2 Å². The van der Waals surface area contributed by atoms with Crippen LogP contribution in [0.2, 0.25) is 0 Å². The van der Waals surface area contributed by atoms with Crippen LogP contribution in [0.3, 0.4) is 0 Å². The summed E-state index contributed by atoms with van der Waals surface area (Å²) in [5.74, 6) is -3.22. The van der Waals surface area contributed by atoms with E-state index in [0.29, 0.717) is 29.7 Å². The van der Waals surface area contributed by atoms with Crippen LogP contribution in [-0.2, 0) is 52.7 Å². The Labute approximate surface area is 342 Å². The number of nitrogens with zero attached hydrogens (tertiary/aromatic N) is 3. The quantitative estimate of drug-likeness (QED) is 0.141. The summed E-state index contributed by atoms with van der Waals surface area (Å²) >= 11 is 0. The average Bonchev–Trinajstić information content (AvgIpc) is 3.21. The molecule has 0 aromatic heterocycles. The molecule has 0 saturated carbocycles. The molecule has 3 rings (SSSR count). The molecular formula is C44H60N4O10. The van der Waals surface area contributed by atoms with Crippen molar-refractivity contribution in [1.29, 1.82) is 0 Å². The third kappa shape index (κ3) is 12.7. The van der Waals surface area contributed by atoms with Crippen LogP contribution in [0.5, 0.6) is 17.2 Å². The summed E-state index contributed by atoms with van der Waals surface area (Å²) < 4.78 is 16.3. The molecule has 0 heterocycles. The molecule has 0 aliphatic carbocycles. The third-order valence-corrected chi connectivity index (χ3v) is 10.5. The molecule has 6 atom stereocenters. The van der Waals surface area contributed by atoms with Gasteiger partial charge in [-0.25, -0.2) is 4.79 Å². The molecule has 0 unspecified atom stereocenters. The van der Waals surface area contributed by atoms with Crippen LogP contribution in [0.15, 0.2) is 72.8 Å².